The van der Waals surface area contributed by atoms with Crippen LogP contribution >= 0.6 is 11.8 Å². The lowest BCUT2D eigenvalue weighted by molar-refractivity contribution is -0.121. The number of rotatable bonds is 3. The summed E-state index contributed by atoms with van der Waals surface area (Å²) in [7, 11) is 0. The summed E-state index contributed by atoms with van der Waals surface area (Å²) in [6, 6.07) is 8.05. The molecule has 2 saturated carbocycles. The van der Waals surface area contributed by atoms with Crippen LogP contribution < -0.4 is 5.32 Å². The van der Waals surface area contributed by atoms with Crippen LogP contribution in [0.15, 0.2) is 29.2 Å². The summed E-state index contributed by atoms with van der Waals surface area (Å²) in [5.74, 6) is 1.97. The molecule has 3 unspecified atom stereocenters. The monoisotopic (exact) mass is 261 g/mol. The predicted molar refractivity (Wildman–Crippen MR) is 75.8 cm³/mol. The number of carbonyl (C=O) groups excluding carboxylic acids is 1. The van der Waals surface area contributed by atoms with Gasteiger partial charge in [0.15, 0.2) is 0 Å². The highest BCUT2D eigenvalue weighted by Gasteiger charge is 2.43. The molecule has 1 N–H and O–H groups in total. The number of hydrogen-bond acceptors (Lipinski definition) is 2. The smallest absolute Gasteiger partial charge is 0.227 e. The maximum atomic E-state index is 12.4. The van der Waals surface area contributed by atoms with Gasteiger partial charge in [0.2, 0.25) is 5.91 Å². The van der Waals surface area contributed by atoms with Crippen molar-refractivity contribution in [2.75, 3.05) is 11.6 Å². The van der Waals surface area contributed by atoms with Gasteiger partial charge in [0.25, 0.3) is 0 Å². The Hall–Kier alpha value is -0.960. The minimum absolute atomic E-state index is 0.240. The average molecular weight is 261 g/mol. The van der Waals surface area contributed by atoms with Crippen molar-refractivity contribution in [3.63, 3.8) is 0 Å². The maximum Gasteiger partial charge on any atom is 0.227 e. The third kappa shape index (κ3) is 2.16. The Labute approximate surface area is 113 Å². The van der Waals surface area contributed by atoms with Crippen LogP contribution in [0.3, 0.4) is 0 Å². The summed E-state index contributed by atoms with van der Waals surface area (Å²) in [6.45, 7) is 0. The number of para-hydroxylation sites is 1. The fourth-order valence-electron chi connectivity index (χ4n) is 3.54. The average Bonchev–Trinajstić information content (AvgIpc) is 3.01. The fraction of sp³-hybridized carbons (Fsp3) is 0.533. The zero-order valence-electron chi connectivity index (χ0n) is 10.7. The van der Waals surface area contributed by atoms with Crippen molar-refractivity contribution in [2.24, 2.45) is 17.8 Å². The Kier molecular flexibility index (Phi) is 3.33. The maximum absolute atomic E-state index is 12.4. The number of nitrogens with one attached hydrogen (secondary N) is 1. The highest BCUT2D eigenvalue weighted by atomic mass is 32.2. The van der Waals surface area contributed by atoms with E-state index in [9.17, 15) is 4.79 Å². The van der Waals surface area contributed by atoms with Crippen LogP contribution in [0.4, 0.5) is 5.69 Å². The van der Waals surface area contributed by atoms with Crippen LogP contribution in [0, 0.1) is 17.8 Å². The molecular weight excluding hydrogens is 242 g/mol. The molecule has 0 aromatic heterocycles. The van der Waals surface area contributed by atoms with Gasteiger partial charge in [0.05, 0.1) is 5.69 Å². The molecule has 2 bridgehead atoms. The Balaban J connectivity index is 1.71. The number of thioether (sulfide) groups is 1. The van der Waals surface area contributed by atoms with Crippen molar-refractivity contribution in [1.82, 2.24) is 0 Å². The Morgan fingerprint density at radius 1 is 1.28 bits per heavy atom. The van der Waals surface area contributed by atoms with E-state index in [1.165, 1.54) is 19.3 Å². The van der Waals surface area contributed by atoms with Crippen LogP contribution in [-0.4, -0.2) is 12.2 Å². The minimum Gasteiger partial charge on any atom is -0.325 e. The summed E-state index contributed by atoms with van der Waals surface area (Å²) in [5, 5.41) is 3.13. The number of hydrogen-bond donors (Lipinski definition) is 1. The van der Waals surface area contributed by atoms with Gasteiger partial charge in [-0.1, -0.05) is 18.6 Å². The van der Waals surface area contributed by atoms with Gasteiger partial charge < -0.3 is 5.32 Å². The second-order valence-corrected chi connectivity index (χ2v) is 6.32. The summed E-state index contributed by atoms with van der Waals surface area (Å²) >= 11 is 1.68. The van der Waals surface area contributed by atoms with Crippen LogP contribution in [0.2, 0.25) is 0 Å². The molecule has 0 radical (unpaired) electrons. The third-order valence-corrected chi connectivity index (χ3v) is 5.24. The van der Waals surface area contributed by atoms with E-state index in [-0.39, 0.29) is 11.8 Å². The zero-order chi connectivity index (χ0) is 12.5. The van der Waals surface area contributed by atoms with Crippen LogP contribution in [0.25, 0.3) is 0 Å². The zero-order valence-corrected chi connectivity index (χ0v) is 11.5. The summed E-state index contributed by atoms with van der Waals surface area (Å²) in [6.07, 6.45) is 7.03. The molecule has 0 saturated heterocycles. The highest BCUT2D eigenvalue weighted by molar-refractivity contribution is 7.98. The Bertz CT molecular complexity index is 460. The lowest BCUT2D eigenvalue weighted by Crippen LogP contribution is -2.27. The van der Waals surface area contributed by atoms with E-state index in [1.54, 1.807) is 11.8 Å². The van der Waals surface area contributed by atoms with Crippen molar-refractivity contribution in [1.29, 1.82) is 0 Å². The van der Waals surface area contributed by atoms with E-state index in [0.717, 1.165) is 22.9 Å². The first-order valence-corrected chi connectivity index (χ1v) is 7.94. The van der Waals surface area contributed by atoms with Crippen LogP contribution in [0.5, 0.6) is 0 Å². The Morgan fingerprint density at radius 3 is 2.78 bits per heavy atom. The number of benzene rings is 1. The van der Waals surface area contributed by atoms with Gasteiger partial charge in [-0.25, -0.2) is 0 Å². The molecule has 2 aliphatic carbocycles. The van der Waals surface area contributed by atoms with Gasteiger partial charge in [0.1, 0.15) is 0 Å². The van der Waals surface area contributed by atoms with Gasteiger partial charge in [0, 0.05) is 10.8 Å². The van der Waals surface area contributed by atoms with E-state index >= 15 is 0 Å². The molecule has 18 heavy (non-hydrogen) atoms. The summed E-state index contributed by atoms with van der Waals surface area (Å²) in [5.41, 5.74) is 0.970. The summed E-state index contributed by atoms with van der Waals surface area (Å²) in [4.78, 5) is 13.5. The lowest BCUT2D eigenvalue weighted by Gasteiger charge is -2.21. The van der Waals surface area contributed by atoms with E-state index < -0.39 is 0 Å². The van der Waals surface area contributed by atoms with Crippen molar-refractivity contribution >= 4 is 23.4 Å². The molecule has 3 rings (SSSR count). The van der Waals surface area contributed by atoms with Crippen molar-refractivity contribution in [3.8, 4) is 0 Å². The molecule has 1 aromatic carbocycles. The standard InChI is InChI=1S/C15H19NOS/c1-18-14-5-3-2-4-13(14)16-15(17)12-9-10-6-7-11(12)8-10/h2-5,10-12H,6-9H2,1H3,(H,16,17). The molecule has 0 aliphatic heterocycles. The van der Waals surface area contributed by atoms with E-state index in [4.69, 9.17) is 0 Å². The molecule has 3 atom stereocenters. The number of fused-ring (bicyclic) bond motifs is 2. The van der Waals surface area contributed by atoms with Gasteiger partial charge in [-0.05, 0) is 49.5 Å². The minimum atomic E-state index is 0.240. The molecule has 3 heteroatoms. The number of carbonyl (C=O) groups is 1. The second-order valence-electron chi connectivity index (χ2n) is 5.47. The SMILES string of the molecule is CSc1ccccc1NC(=O)C1CC2CCC1C2. The van der Waals surface area contributed by atoms with Crippen LogP contribution in [0.1, 0.15) is 25.7 Å². The summed E-state index contributed by atoms with van der Waals surface area (Å²) < 4.78 is 0. The van der Waals surface area contributed by atoms with Crippen molar-refractivity contribution in [3.05, 3.63) is 24.3 Å². The first-order valence-electron chi connectivity index (χ1n) is 6.72. The van der Waals surface area contributed by atoms with E-state index in [1.807, 2.05) is 24.5 Å². The highest BCUT2D eigenvalue weighted by Crippen LogP contribution is 2.48. The van der Waals surface area contributed by atoms with Crippen LogP contribution in [-0.2, 0) is 4.79 Å². The van der Waals surface area contributed by atoms with Crippen molar-refractivity contribution < 1.29 is 4.79 Å². The third-order valence-electron chi connectivity index (χ3n) is 4.44. The first kappa shape index (κ1) is 12.1. The quantitative estimate of drug-likeness (QED) is 0.839. The topological polar surface area (TPSA) is 29.1 Å². The largest absolute Gasteiger partial charge is 0.325 e. The molecular formula is C15H19NOS. The number of amides is 1. The van der Waals surface area contributed by atoms with E-state index in [2.05, 4.69) is 11.4 Å². The van der Waals surface area contributed by atoms with Gasteiger partial charge in [-0.15, -0.1) is 11.8 Å². The molecule has 0 spiro atoms. The normalized spacial score (nSPS) is 29.5. The fourth-order valence-corrected chi connectivity index (χ4v) is 4.09. The Morgan fingerprint density at radius 2 is 2.11 bits per heavy atom. The lowest BCUT2D eigenvalue weighted by atomic mass is 9.88. The molecule has 0 heterocycles. The van der Waals surface area contributed by atoms with Gasteiger partial charge in [-0.2, -0.15) is 0 Å². The second kappa shape index (κ2) is 4.96. The molecule has 1 aromatic rings. The molecule has 2 nitrogen and oxygen atoms in total. The van der Waals surface area contributed by atoms with Gasteiger partial charge >= 0.3 is 0 Å². The molecule has 2 aliphatic rings. The predicted octanol–water partition coefficient (Wildman–Crippen LogP) is 3.78. The van der Waals surface area contributed by atoms with E-state index in [0.29, 0.717) is 5.92 Å². The molecule has 2 fully saturated rings. The molecule has 1 amide bonds. The van der Waals surface area contributed by atoms with Gasteiger partial charge in [-0.3, -0.25) is 4.79 Å². The first-order chi connectivity index (χ1) is 8.78. The van der Waals surface area contributed by atoms with Crippen molar-refractivity contribution in [2.45, 2.75) is 30.6 Å². The number of anilines is 1. The molecule has 96 valence electrons.